The van der Waals surface area contributed by atoms with Gasteiger partial charge in [0, 0.05) is 32.0 Å². The van der Waals surface area contributed by atoms with E-state index in [1.54, 1.807) is 6.33 Å². The molecule has 6 rings (SSSR count). The molecule has 0 unspecified atom stereocenters. The van der Waals surface area contributed by atoms with E-state index in [0.29, 0.717) is 0 Å². The van der Waals surface area contributed by atoms with Gasteiger partial charge in [0.2, 0.25) is 0 Å². The van der Waals surface area contributed by atoms with Crippen molar-refractivity contribution in [1.82, 2.24) is 24.3 Å². The topological polar surface area (TPSA) is 48.5 Å². The number of aryl methyl sites for hydroxylation is 4. The van der Waals surface area contributed by atoms with Crippen LogP contribution in [0.25, 0.3) is 34.2 Å². The normalized spacial score (nSPS) is 10.5. The Morgan fingerprint density at radius 1 is 0.683 bits per heavy atom. The fourth-order valence-electron chi connectivity index (χ4n) is 4.73. The zero-order chi connectivity index (χ0) is 28.2. The molecule has 6 aromatic rings. The van der Waals surface area contributed by atoms with Crippen LogP contribution in [0, 0.1) is 39.8 Å². The van der Waals surface area contributed by atoms with E-state index in [9.17, 15) is 0 Å². The fourth-order valence-corrected chi connectivity index (χ4v) is 5.46. The van der Waals surface area contributed by atoms with Crippen molar-refractivity contribution < 1.29 is 20.1 Å². The van der Waals surface area contributed by atoms with Crippen LogP contribution in [-0.2, 0) is 20.1 Å². The number of nitrogens with zero attached hydrogens (tertiary/aromatic N) is 5. The van der Waals surface area contributed by atoms with Crippen molar-refractivity contribution in [3.05, 3.63) is 135 Å². The summed E-state index contributed by atoms with van der Waals surface area (Å²) in [4.78, 5) is 8.97. The first-order chi connectivity index (χ1) is 19.3. The molecule has 1 radical (unpaired) electrons. The average Bonchev–Trinajstić information content (AvgIpc) is 3.57. The van der Waals surface area contributed by atoms with E-state index in [-0.39, 0.29) is 20.1 Å². The number of benzene rings is 4. The summed E-state index contributed by atoms with van der Waals surface area (Å²) >= 11 is 6.96. The summed E-state index contributed by atoms with van der Waals surface area (Å²) in [6.45, 7) is 8.40. The third-order valence-corrected chi connectivity index (χ3v) is 7.39. The molecule has 0 spiro atoms. The standard InChI is InChI=1S/C17H14BrN2.C16H13BrN3.Ir/c1-12-7-6-8-13(2)16(12)20-11-15(18)19-17(20)14-9-4-3-5-10-14;1-11-5-3-6-12(2)15(11)20-16(18-10-19-20)13-7-4-8-14(17)9-13;/h3-9,11H,1-2H3;3-6,8-10H,1-2H3;/q2*-1;. The summed E-state index contributed by atoms with van der Waals surface area (Å²) in [6.07, 6.45) is 3.58. The van der Waals surface area contributed by atoms with Crippen LogP contribution in [0.2, 0.25) is 0 Å². The Morgan fingerprint density at radius 3 is 1.93 bits per heavy atom. The SMILES string of the molecule is Cc1cccc(C)c1-n1cc(Br)nc1-c1[c-]cccc1.Cc1cccc(C)c1-n1ncnc1-c1[c-]ccc(Br)c1.[Ir]. The van der Waals surface area contributed by atoms with Crippen LogP contribution < -0.4 is 0 Å². The number of imidazole rings is 1. The predicted octanol–water partition coefficient (Wildman–Crippen LogP) is 8.83. The average molecular weight is 846 g/mol. The molecule has 4 aromatic carbocycles. The van der Waals surface area contributed by atoms with Crippen LogP contribution in [0.1, 0.15) is 22.3 Å². The molecule has 2 aromatic heterocycles. The first-order valence-corrected chi connectivity index (χ1v) is 14.3. The molecule has 0 aliphatic carbocycles. The van der Waals surface area contributed by atoms with Crippen LogP contribution in [0.3, 0.4) is 0 Å². The third kappa shape index (κ3) is 6.84. The molecule has 0 atom stereocenters. The summed E-state index contributed by atoms with van der Waals surface area (Å²) in [5.74, 6) is 1.69. The Bertz CT molecular complexity index is 1740. The maximum absolute atomic E-state index is 4.59. The minimum atomic E-state index is 0. The molecule has 0 aliphatic heterocycles. The molecule has 0 fully saturated rings. The molecule has 0 bridgehead atoms. The first kappa shape index (κ1) is 30.8. The van der Waals surface area contributed by atoms with Gasteiger partial charge in [-0.15, -0.1) is 65.7 Å². The Kier molecular flexibility index (Phi) is 10.3. The second-order valence-electron chi connectivity index (χ2n) is 9.43. The van der Waals surface area contributed by atoms with Gasteiger partial charge in [0.15, 0.2) is 0 Å². The zero-order valence-corrected chi connectivity index (χ0v) is 28.6. The monoisotopic (exact) mass is 844 g/mol. The number of hydrogen-bond acceptors (Lipinski definition) is 3. The summed E-state index contributed by atoms with van der Waals surface area (Å²) in [6, 6.07) is 32.7. The van der Waals surface area contributed by atoms with Crippen molar-refractivity contribution in [3.63, 3.8) is 0 Å². The van der Waals surface area contributed by atoms with E-state index in [1.165, 1.54) is 27.9 Å². The van der Waals surface area contributed by atoms with Crippen molar-refractivity contribution in [2.75, 3.05) is 0 Å². The van der Waals surface area contributed by atoms with Gasteiger partial charge >= 0.3 is 0 Å². The molecular formula is C33H27Br2IrN5-2. The van der Waals surface area contributed by atoms with Crippen molar-refractivity contribution in [1.29, 1.82) is 0 Å². The summed E-state index contributed by atoms with van der Waals surface area (Å²) in [7, 11) is 0. The summed E-state index contributed by atoms with van der Waals surface area (Å²) < 4.78 is 5.83. The van der Waals surface area contributed by atoms with Crippen molar-refractivity contribution >= 4 is 31.9 Å². The summed E-state index contributed by atoms with van der Waals surface area (Å²) in [5.41, 5.74) is 8.96. The number of halogens is 2. The number of para-hydroxylation sites is 2. The van der Waals surface area contributed by atoms with Gasteiger partial charge in [-0.05, 0) is 65.9 Å². The minimum Gasteiger partial charge on any atom is -0.338 e. The second kappa shape index (κ2) is 13.7. The van der Waals surface area contributed by atoms with Gasteiger partial charge in [0.25, 0.3) is 0 Å². The predicted molar refractivity (Wildman–Crippen MR) is 168 cm³/mol. The minimum absolute atomic E-state index is 0. The second-order valence-corrected chi connectivity index (χ2v) is 11.2. The van der Waals surface area contributed by atoms with E-state index < -0.39 is 0 Å². The van der Waals surface area contributed by atoms with E-state index >= 15 is 0 Å². The van der Waals surface area contributed by atoms with Crippen LogP contribution >= 0.6 is 31.9 Å². The van der Waals surface area contributed by atoms with Crippen molar-refractivity contribution in [2.24, 2.45) is 0 Å². The third-order valence-electron chi connectivity index (χ3n) is 6.51. The largest absolute Gasteiger partial charge is 0.338 e. The van der Waals surface area contributed by atoms with Crippen LogP contribution in [0.4, 0.5) is 0 Å². The van der Waals surface area contributed by atoms with Gasteiger partial charge in [-0.1, -0.05) is 56.8 Å². The van der Waals surface area contributed by atoms with Gasteiger partial charge in [0.1, 0.15) is 10.9 Å². The molecule has 0 aliphatic rings. The molecule has 0 N–H and O–H groups in total. The first-order valence-electron chi connectivity index (χ1n) is 12.8. The van der Waals surface area contributed by atoms with Gasteiger partial charge < -0.3 is 4.57 Å². The smallest absolute Gasteiger partial charge is 0.127 e. The van der Waals surface area contributed by atoms with Crippen LogP contribution in [0.15, 0.2) is 100 Å². The Balaban J connectivity index is 0.000000184. The van der Waals surface area contributed by atoms with Gasteiger partial charge in [0.05, 0.1) is 17.3 Å². The molecule has 2 heterocycles. The van der Waals surface area contributed by atoms with E-state index in [4.69, 9.17) is 0 Å². The fraction of sp³-hybridized carbons (Fsp3) is 0.121. The Hall–Kier alpha value is -3.16. The Labute approximate surface area is 271 Å². The van der Waals surface area contributed by atoms with Crippen molar-refractivity contribution in [3.8, 4) is 34.2 Å². The van der Waals surface area contributed by atoms with E-state index in [2.05, 4.69) is 128 Å². The number of hydrogen-bond donors (Lipinski definition) is 0. The molecule has 41 heavy (non-hydrogen) atoms. The molecule has 0 saturated heterocycles. The van der Waals surface area contributed by atoms with Crippen molar-refractivity contribution in [2.45, 2.75) is 27.7 Å². The van der Waals surface area contributed by atoms with Crippen LogP contribution in [0.5, 0.6) is 0 Å². The van der Waals surface area contributed by atoms with E-state index in [1.807, 2.05) is 53.3 Å². The maximum atomic E-state index is 4.59. The molecule has 0 saturated carbocycles. The quantitative estimate of drug-likeness (QED) is 0.167. The zero-order valence-electron chi connectivity index (χ0n) is 23.0. The molecule has 209 valence electrons. The number of rotatable bonds is 4. The van der Waals surface area contributed by atoms with Crippen LogP contribution in [-0.4, -0.2) is 24.3 Å². The molecule has 8 heteroatoms. The van der Waals surface area contributed by atoms with Gasteiger partial charge in [-0.25, -0.2) is 0 Å². The van der Waals surface area contributed by atoms with E-state index in [0.717, 1.165) is 37.5 Å². The molecule has 0 amide bonds. The maximum Gasteiger partial charge on any atom is 0.127 e. The molecular weight excluding hydrogens is 818 g/mol. The van der Waals surface area contributed by atoms with Gasteiger partial charge in [-0.2, -0.15) is 5.10 Å². The molecule has 5 nitrogen and oxygen atoms in total. The van der Waals surface area contributed by atoms with Gasteiger partial charge in [-0.3, -0.25) is 14.6 Å². The number of aromatic nitrogens is 5. The Morgan fingerprint density at radius 2 is 1.32 bits per heavy atom. The summed E-state index contributed by atoms with van der Waals surface area (Å²) in [5, 5.41) is 4.38.